The molecule has 4 aliphatic rings. The van der Waals surface area contributed by atoms with E-state index in [0.29, 0.717) is 25.3 Å². The molecular weight excluding hydrogens is 356 g/mol. The summed E-state index contributed by atoms with van der Waals surface area (Å²) >= 11 is 0. The van der Waals surface area contributed by atoms with E-state index >= 15 is 0 Å². The number of hydrogen-bond donors (Lipinski definition) is 0. The third-order valence-corrected chi connectivity index (χ3v) is 7.75. The van der Waals surface area contributed by atoms with Crippen LogP contribution in [-0.2, 0) is 23.1 Å². The molecule has 4 heterocycles. The molecule has 144 valence electrons. The van der Waals surface area contributed by atoms with Crippen LogP contribution in [0.3, 0.4) is 0 Å². The summed E-state index contributed by atoms with van der Waals surface area (Å²) in [6, 6.07) is -0.105. The van der Waals surface area contributed by atoms with Crippen molar-refractivity contribution in [2.75, 3.05) is 33.7 Å². The summed E-state index contributed by atoms with van der Waals surface area (Å²) < 4.78 is 33.3. The lowest BCUT2D eigenvalue weighted by atomic mass is 9.93. The van der Waals surface area contributed by atoms with Gasteiger partial charge in [0.1, 0.15) is 5.76 Å². The highest BCUT2D eigenvalue weighted by Crippen LogP contribution is 2.32. The molecule has 1 amide bonds. The Morgan fingerprint density at radius 1 is 1.15 bits per heavy atom. The number of carbonyl (C=O) groups is 1. The maximum Gasteiger partial charge on any atom is 0.281 e. The predicted molar refractivity (Wildman–Crippen MR) is 94.9 cm³/mol. The van der Waals surface area contributed by atoms with E-state index in [4.69, 9.17) is 4.52 Å². The Morgan fingerprint density at radius 3 is 2.69 bits per heavy atom. The molecule has 1 aliphatic carbocycles. The zero-order valence-corrected chi connectivity index (χ0v) is 16.2. The van der Waals surface area contributed by atoms with E-state index in [9.17, 15) is 13.2 Å². The molecule has 0 N–H and O–H groups in total. The minimum atomic E-state index is -3.47. The number of rotatable bonds is 3. The van der Waals surface area contributed by atoms with Gasteiger partial charge in [0.05, 0.1) is 0 Å². The molecule has 0 spiro atoms. The van der Waals surface area contributed by atoms with Gasteiger partial charge in [-0.2, -0.15) is 17.0 Å². The van der Waals surface area contributed by atoms with Crippen molar-refractivity contribution >= 4 is 16.1 Å². The summed E-state index contributed by atoms with van der Waals surface area (Å²) in [5, 5.41) is 4.08. The molecule has 1 aromatic rings. The second-order valence-electron chi connectivity index (χ2n) is 7.80. The maximum atomic E-state index is 13.2. The number of amides is 1. The first kappa shape index (κ1) is 17.9. The summed E-state index contributed by atoms with van der Waals surface area (Å²) in [7, 11) is -0.375. The number of fused-ring (bicyclic) bond motifs is 5. The van der Waals surface area contributed by atoms with Gasteiger partial charge < -0.3 is 9.42 Å². The Hall–Kier alpha value is -1.45. The average Bonchev–Trinajstić information content (AvgIpc) is 2.82. The Kier molecular flexibility index (Phi) is 4.56. The SMILES string of the molecule is CN(C)S(=O)(=O)N1C[C@@H]2CC[C@H](C1)N(C(=O)c1noc3c1CCCC3)C2. The van der Waals surface area contributed by atoms with Gasteiger partial charge in [0.25, 0.3) is 16.1 Å². The fourth-order valence-corrected chi connectivity index (χ4v) is 5.62. The van der Waals surface area contributed by atoms with E-state index < -0.39 is 10.2 Å². The Bertz CT molecular complexity index is 804. The standard InChI is InChI=1S/C17H26N4O4S/c1-19(2)26(23,24)20-9-12-7-8-13(11-20)21(10-12)17(22)16-14-5-3-4-6-15(14)25-18-16/h12-13H,3-11H2,1-2H3/t12-,13+/m0/s1. The van der Waals surface area contributed by atoms with Gasteiger partial charge in [-0.3, -0.25) is 4.79 Å². The van der Waals surface area contributed by atoms with Crippen molar-refractivity contribution in [3.8, 4) is 0 Å². The van der Waals surface area contributed by atoms with Crippen LogP contribution in [0.4, 0.5) is 0 Å². The minimum absolute atomic E-state index is 0.101. The normalized spacial score (nSPS) is 26.8. The topological polar surface area (TPSA) is 87.0 Å². The van der Waals surface area contributed by atoms with Gasteiger partial charge in [-0.05, 0) is 38.0 Å². The molecule has 3 saturated heterocycles. The molecule has 0 saturated carbocycles. The number of nitrogens with zero attached hydrogens (tertiary/aromatic N) is 4. The van der Waals surface area contributed by atoms with Crippen molar-refractivity contribution in [1.82, 2.24) is 18.7 Å². The molecule has 3 fully saturated rings. The van der Waals surface area contributed by atoms with Crippen molar-refractivity contribution < 1.29 is 17.7 Å². The van der Waals surface area contributed by atoms with E-state index in [-0.39, 0.29) is 17.9 Å². The zero-order chi connectivity index (χ0) is 18.5. The second kappa shape index (κ2) is 6.61. The van der Waals surface area contributed by atoms with Crippen LogP contribution in [0, 0.1) is 5.92 Å². The van der Waals surface area contributed by atoms with Crippen LogP contribution in [0.5, 0.6) is 0 Å². The van der Waals surface area contributed by atoms with Gasteiger partial charge in [-0.25, -0.2) is 0 Å². The van der Waals surface area contributed by atoms with E-state index in [1.165, 1.54) is 8.61 Å². The van der Waals surface area contributed by atoms with Crippen LogP contribution in [0.25, 0.3) is 0 Å². The molecule has 9 heteroatoms. The van der Waals surface area contributed by atoms with E-state index in [2.05, 4.69) is 5.16 Å². The van der Waals surface area contributed by atoms with Gasteiger partial charge in [0.2, 0.25) is 0 Å². The van der Waals surface area contributed by atoms with Gasteiger partial charge in [0, 0.05) is 51.8 Å². The molecule has 5 rings (SSSR count). The molecular formula is C17H26N4O4S. The van der Waals surface area contributed by atoms with Gasteiger partial charge in [0.15, 0.2) is 5.69 Å². The lowest BCUT2D eigenvalue weighted by molar-refractivity contribution is 0.0577. The number of aromatic nitrogens is 1. The smallest absolute Gasteiger partial charge is 0.281 e. The first-order valence-electron chi connectivity index (χ1n) is 9.34. The molecule has 2 bridgehead atoms. The number of piperidine rings is 1. The monoisotopic (exact) mass is 382 g/mol. The summed E-state index contributed by atoms with van der Waals surface area (Å²) in [6.45, 7) is 1.41. The Labute approximate surface area is 154 Å². The number of hydrogen-bond acceptors (Lipinski definition) is 5. The Balaban J connectivity index is 1.59. The lowest BCUT2D eigenvalue weighted by Gasteiger charge is -2.35. The highest BCUT2D eigenvalue weighted by atomic mass is 32.2. The van der Waals surface area contributed by atoms with Crippen molar-refractivity contribution in [2.24, 2.45) is 5.92 Å². The second-order valence-corrected chi connectivity index (χ2v) is 9.94. The fraction of sp³-hybridized carbons (Fsp3) is 0.765. The minimum Gasteiger partial charge on any atom is -0.360 e. The number of aryl methyl sites for hydroxylation is 1. The van der Waals surface area contributed by atoms with Crippen molar-refractivity contribution in [3.05, 3.63) is 17.0 Å². The predicted octanol–water partition coefficient (Wildman–Crippen LogP) is 0.896. The first-order valence-corrected chi connectivity index (χ1v) is 10.7. The molecule has 2 atom stereocenters. The summed E-state index contributed by atoms with van der Waals surface area (Å²) in [4.78, 5) is 15.0. The molecule has 0 radical (unpaired) electrons. The quantitative estimate of drug-likeness (QED) is 0.775. The fourth-order valence-electron chi connectivity index (χ4n) is 4.40. The summed E-state index contributed by atoms with van der Waals surface area (Å²) in [5.74, 6) is 0.905. The molecule has 8 nitrogen and oxygen atoms in total. The summed E-state index contributed by atoms with van der Waals surface area (Å²) in [6.07, 6.45) is 5.58. The lowest BCUT2D eigenvalue weighted by Crippen LogP contribution is -2.48. The highest BCUT2D eigenvalue weighted by Gasteiger charge is 2.42. The zero-order valence-electron chi connectivity index (χ0n) is 15.3. The maximum absolute atomic E-state index is 13.2. The van der Waals surface area contributed by atoms with E-state index in [1.807, 2.05) is 4.90 Å². The van der Waals surface area contributed by atoms with Crippen LogP contribution in [0.15, 0.2) is 4.52 Å². The van der Waals surface area contributed by atoms with Crippen LogP contribution in [-0.4, -0.2) is 72.8 Å². The molecule has 0 aromatic carbocycles. The van der Waals surface area contributed by atoms with Crippen LogP contribution < -0.4 is 0 Å². The van der Waals surface area contributed by atoms with Crippen molar-refractivity contribution in [2.45, 2.75) is 44.6 Å². The molecule has 0 unspecified atom stereocenters. The van der Waals surface area contributed by atoms with Crippen LogP contribution in [0.2, 0.25) is 0 Å². The van der Waals surface area contributed by atoms with Gasteiger partial charge in [-0.1, -0.05) is 5.16 Å². The molecule has 1 aromatic heterocycles. The molecule has 26 heavy (non-hydrogen) atoms. The van der Waals surface area contributed by atoms with Crippen LogP contribution in [0.1, 0.15) is 47.5 Å². The number of carbonyl (C=O) groups excluding carboxylic acids is 1. The van der Waals surface area contributed by atoms with E-state index in [1.54, 1.807) is 14.1 Å². The van der Waals surface area contributed by atoms with Crippen molar-refractivity contribution in [1.29, 1.82) is 0 Å². The van der Waals surface area contributed by atoms with Crippen LogP contribution >= 0.6 is 0 Å². The van der Waals surface area contributed by atoms with Gasteiger partial charge in [-0.15, -0.1) is 0 Å². The Morgan fingerprint density at radius 2 is 1.92 bits per heavy atom. The third-order valence-electron chi connectivity index (χ3n) is 5.88. The van der Waals surface area contributed by atoms with E-state index in [0.717, 1.165) is 49.8 Å². The summed E-state index contributed by atoms with van der Waals surface area (Å²) in [5.41, 5.74) is 1.40. The molecule has 3 aliphatic heterocycles. The largest absolute Gasteiger partial charge is 0.360 e. The first-order chi connectivity index (χ1) is 12.4. The highest BCUT2D eigenvalue weighted by molar-refractivity contribution is 7.86. The third kappa shape index (κ3) is 2.95. The average molecular weight is 382 g/mol. The van der Waals surface area contributed by atoms with Gasteiger partial charge >= 0.3 is 0 Å². The van der Waals surface area contributed by atoms with Crippen molar-refractivity contribution in [3.63, 3.8) is 0 Å².